The van der Waals surface area contributed by atoms with Gasteiger partial charge in [-0.25, -0.2) is 5.43 Å². The number of nitrogens with one attached hydrogen (secondary N) is 2. The van der Waals surface area contributed by atoms with E-state index in [0.29, 0.717) is 17.0 Å². The molecule has 0 spiro atoms. The van der Waals surface area contributed by atoms with E-state index in [2.05, 4.69) is 15.8 Å². The van der Waals surface area contributed by atoms with Gasteiger partial charge in [0.05, 0.1) is 18.0 Å². The highest BCUT2D eigenvalue weighted by Gasteiger charge is 2.09. The van der Waals surface area contributed by atoms with Crippen LogP contribution in [-0.2, 0) is 4.79 Å². The quantitative estimate of drug-likeness (QED) is 0.486. The van der Waals surface area contributed by atoms with Crippen LogP contribution in [0.15, 0.2) is 65.8 Å². The van der Waals surface area contributed by atoms with Gasteiger partial charge in [-0.05, 0) is 24.3 Å². The van der Waals surface area contributed by atoms with Gasteiger partial charge in [0.15, 0.2) is 0 Å². The van der Waals surface area contributed by atoms with E-state index in [9.17, 15) is 9.59 Å². The number of hydrogen-bond acceptors (Lipinski definition) is 3. The number of halogens is 1. The molecule has 0 bridgehead atoms. The monoisotopic (exact) mass is 329 g/mol. The minimum atomic E-state index is -0.350. The molecule has 0 saturated heterocycles. The smallest absolute Gasteiger partial charge is 0.271 e. The third-order valence-corrected chi connectivity index (χ3v) is 3.24. The van der Waals surface area contributed by atoms with Gasteiger partial charge in [0, 0.05) is 11.3 Å². The molecule has 2 N–H and O–H groups in total. The maximum absolute atomic E-state index is 11.9. The summed E-state index contributed by atoms with van der Waals surface area (Å²) in [5.41, 5.74) is 3.96. The van der Waals surface area contributed by atoms with Crippen molar-refractivity contribution >= 4 is 34.8 Å². The first kappa shape index (κ1) is 16.7. The fraction of sp³-hybridized carbons (Fsp3) is 0.118. The number of hydrogen-bond donors (Lipinski definition) is 2. The summed E-state index contributed by atoms with van der Waals surface area (Å²) in [6, 6.07) is 17.8. The van der Waals surface area contributed by atoms with Crippen LogP contribution in [-0.4, -0.2) is 23.4 Å². The SMILES string of the molecule is O=C(C/C(CCl)=N/NC(=O)c1ccccc1)Nc1ccccc1. The third-order valence-electron chi connectivity index (χ3n) is 2.93. The van der Waals surface area contributed by atoms with Crippen LogP contribution in [0.1, 0.15) is 16.8 Å². The molecule has 5 nitrogen and oxygen atoms in total. The Morgan fingerprint density at radius 3 is 2.17 bits per heavy atom. The number of anilines is 1. The molecule has 0 radical (unpaired) electrons. The van der Waals surface area contributed by atoms with Crippen molar-refractivity contribution in [2.45, 2.75) is 6.42 Å². The highest BCUT2D eigenvalue weighted by molar-refractivity contribution is 6.30. The summed E-state index contributed by atoms with van der Waals surface area (Å²) in [6.45, 7) is 0. The number of carbonyl (C=O) groups excluding carboxylic acids is 2. The maximum Gasteiger partial charge on any atom is 0.271 e. The fourth-order valence-corrected chi connectivity index (χ4v) is 1.97. The predicted octanol–water partition coefficient (Wildman–Crippen LogP) is 3.04. The van der Waals surface area contributed by atoms with Gasteiger partial charge < -0.3 is 5.32 Å². The zero-order valence-electron chi connectivity index (χ0n) is 12.3. The standard InChI is InChI=1S/C17H16ClN3O2/c18-12-15(11-16(22)19-14-9-5-2-6-10-14)20-21-17(23)13-7-3-1-4-8-13/h1-10H,11-12H2,(H,19,22)(H,21,23)/b20-15-. The number of para-hydroxylation sites is 1. The number of alkyl halides is 1. The van der Waals surface area contributed by atoms with Gasteiger partial charge in [-0.1, -0.05) is 36.4 Å². The van der Waals surface area contributed by atoms with E-state index in [0.717, 1.165) is 0 Å². The van der Waals surface area contributed by atoms with Crippen LogP contribution in [0.4, 0.5) is 5.69 Å². The number of carbonyl (C=O) groups is 2. The highest BCUT2D eigenvalue weighted by atomic mass is 35.5. The highest BCUT2D eigenvalue weighted by Crippen LogP contribution is 2.06. The van der Waals surface area contributed by atoms with Crippen LogP contribution in [0.3, 0.4) is 0 Å². The molecule has 118 valence electrons. The Kier molecular flexibility index (Phi) is 6.32. The summed E-state index contributed by atoms with van der Waals surface area (Å²) in [5.74, 6) is -0.543. The Labute approximate surface area is 139 Å². The van der Waals surface area contributed by atoms with Crippen LogP contribution in [0.5, 0.6) is 0 Å². The summed E-state index contributed by atoms with van der Waals surface area (Å²) in [7, 11) is 0. The van der Waals surface area contributed by atoms with Crippen LogP contribution >= 0.6 is 11.6 Å². The Morgan fingerprint density at radius 1 is 0.957 bits per heavy atom. The van der Waals surface area contributed by atoms with Gasteiger partial charge in [0.1, 0.15) is 0 Å². The van der Waals surface area contributed by atoms with Gasteiger partial charge >= 0.3 is 0 Å². The molecule has 0 aliphatic heterocycles. The number of nitrogens with zero attached hydrogens (tertiary/aromatic N) is 1. The predicted molar refractivity (Wildman–Crippen MR) is 91.8 cm³/mol. The van der Waals surface area contributed by atoms with E-state index in [1.54, 1.807) is 36.4 Å². The first-order valence-corrected chi connectivity index (χ1v) is 7.54. The van der Waals surface area contributed by atoms with E-state index in [4.69, 9.17) is 11.6 Å². The lowest BCUT2D eigenvalue weighted by Gasteiger charge is -2.06. The van der Waals surface area contributed by atoms with Gasteiger partial charge in [-0.3, -0.25) is 9.59 Å². The molecule has 2 aromatic carbocycles. The topological polar surface area (TPSA) is 70.6 Å². The molecule has 0 aliphatic rings. The zero-order chi connectivity index (χ0) is 16.5. The molecule has 0 fully saturated rings. The lowest BCUT2D eigenvalue weighted by atomic mass is 10.2. The molecule has 0 atom stereocenters. The third kappa shape index (κ3) is 5.56. The van der Waals surface area contributed by atoms with Crippen molar-refractivity contribution in [3.05, 3.63) is 66.2 Å². The Balaban J connectivity index is 1.91. The fourth-order valence-electron chi connectivity index (χ4n) is 1.81. The molecular weight excluding hydrogens is 314 g/mol. The van der Waals surface area contributed by atoms with Gasteiger partial charge in [-0.2, -0.15) is 5.10 Å². The molecule has 0 saturated carbocycles. The van der Waals surface area contributed by atoms with Crippen molar-refractivity contribution in [3.8, 4) is 0 Å². The Hall–Kier alpha value is -2.66. The van der Waals surface area contributed by atoms with E-state index >= 15 is 0 Å². The lowest BCUT2D eigenvalue weighted by Crippen LogP contribution is -2.23. The van der Waals surface area contributed by atoms with Gasteiger partial charge in [-0.15, -0.1) is 11.6 Å². The van der Waals surface area contributed by atoms with Crippen molar-refractivity contribution < 1.29 is 9.59 Å². The molecule has 0 aromatic heterocycles. The molecule has 0 aliphatic carbocycles. The largest absolute Gasteiger partial charge is 0.326 e. The van der Waals surface area contributed by atoms with Crippen molar-refractivity contribution in [2.75, 3.05) is 11.2 Å². The average Bonchev–Trinajstić information content (AvgIpc) is 2.60. The van der Waals surface area contributed by atoms with E-state index in [-0.39, 0.29) is 24.1 Å². The van der Waals surface area contributed by atoms with Gasteiger partial charge in [0.25, 0.3) is 5.91 Å². The minimum Gasteiger partial charge on any atom is -0.326 e. The van der Waals surface area contributed by atoms with Crippen LogP contribution in [0, 0.1) is 0 Å². The first-order chi connectivity index (χ1) is 11.2. The number of amides is 2. The van der Waals surface area contributed by atoms with Crippen molar-refractivity contribution in [2.24, 2.45) is 5.10 Å². The van der Waals surface area contributed by atoms with E-state index in [1.807, 2.05) is 24.3 Å². The molecule has 6 heteroatoms. The Bertz CT molecular complexity index is 687. The average molecular weight is 330 g/mol. The van der Waals surface area contributed by atoms with Gasteiger partial charge in [0.2, 0.25) is 5.91 Å². The zero-order valence-corrected chi connectivity index (χ0v) is 13.1. The van der Waals surface area contributed by atoms with Crippen LogP contribution < -0.4 is 10.7 Å². The lowest BCUT2D eigenvalue weighted by molar-refractivity contribution is -0.115. The summed E-state index contributed by atoms with van der Waals surface area (Å²) in [4.78, 5) is 23.8. The summed E-state index contributed by atoms with van der Waals surface area (Å²) >= 11 is 5.78. The van der Waals surface area contributed by atoms with E-state index < -0.39 is 0 Å². The second-order valence-electron chi connectivity index (χ2n) is 4.71. The van der Waals surface area contributed by atoms with Crippen molar-refractivity contribution in [3.63, 3.8) is 0 Å². The van der Waals surface area contributed by atoms with E-state index in [1.165, 1.54) is 0 Å². The molecule has 2 aromatic rings. The van der Waals surface area contributed by atoms with Crippen molar-refractivity contribution in [1.82, 2.24) is 5.43 Å². The summed E-state index contributed by atoms with van der Waals surface area (Å²) < 4.78 is 0. The number of benzene rings is 2. The summed E-state index contributed by atoms with van der Waals surface area (Å²) in [6.07, 6.45) is 0.00740. The molecular formula is C17H16ClN3O2. The Morgan fingerprint density at radius 2 is 1.57 bits per heavy atom. The number of rotatable bonds is 6. The van der Waals surface area contributed by atoms with Crippen LogP contribution in [0.25, 0.3) is 0 Å². The maximum atomic E-state index is 11.9. The first-order valence-electron chi connectivity index (χ1n) is 7.00. The molecule has 0 heterocycles. The van der Waals surface area contributed by atoms with Crippen LogP contribution in [0.2, 0.25) is 0 Å². The summed E-state index contributed by atoms with van der Waals surface area (Å²) in [5, 5.41) is 6.66. The molecule has 2 rings (SSSR count). The normalized spacial score (nSPS) is 10.9. The molecule has 0 unspecified atom stereocenters. The number of hydrazone groups is 1. The minimum absolute atomic E-state index is 0.00740. The molecule has 2 amide bonds. The molecule has 23 heavy (non-hydrogen) atoms. The second kappa shape index (κ2) is 8.70. The second-order valence-corrected chi connectivity index (χ2v) is 4.98. The van der Waals surface area contributed by atoms with Crippen molar-refractivity contribution in [1.29, 1.82) is 0 Å².